The molecule has 0 radical (unpaired) electrons. The first-order valence-electron chi connectivity index (χ1n) is 4.03. The summed E-state index contributed by atoms with van der Waals surface area (Å²) in [6, 6.07) is 0. The molecule has 0 fully saturated rings. The summed E-state index contributed by atoms with van der Waals surface area (Å²) in [6.45, 7) is 0. The van der Waals surface area contributed by atoms with Gasteiger partial charge in [-0.15, -0.1) is 24.8 Å². The number of pyridine rings is 1. The maximum absolute atomic E-state index is 12.7. The third-order valence-corrected chi connectivity index (χ3v) is 3.12. The molecular weight excluding hydrogens is 383 g/mol. The molecule has 0 aromatic carbocycles. The van der Waals surface area contributed by atoms with Crippen molar-refractivity contribution in [2.45, 2.75) is 18.7 Å². The van der Waals surface area contributed by atoms with Crippen LogP contribution < -0.4 is 4.74 Å². The Kier molecular flexibility index (Phi) is 4.76. The Labute approximate surface area is 111 Å². The summed E-state index contributed by atoms with van der Waals surface area (Å²) in [5.74, 6) is -1.18. The van der Waals surface area contributed by atoms with Crippen molar-refractivity contribution in [3.05, 3.63) is 21.0 Å². The third kappa shape index (κ3) is 3.80. The van der Waals surface area contributed by atoms with E-state index in [2.05, 4.69) is 9.72 Å². The highest BCUT2D eigenvalue weighted by atomic mass is 127. The topological polar surface area (TPSA) is 22.1 Å². The molecule has 1 aromatic rings. The van der Waals surface area contributed by atoms with E-state index in [1.807, 2.05) is 0 Å². The van der Waals surface area contributed by atoms with Crippen molar-refractivity contribution in [2.75, 3.05) is 0 Å². The van der Waals surface area contributed by atoms with E-state index in [9.17, 15) is 22.0 Å². The lowest BCUT2D eigenvalue weighted by Gasteiger charge is -2.15. The van der Waals surface area contributed by atoms with Gasteiger partial charge in [-0.2, -0.15) is 0 Å². The van der Waals surface area contributed by atoms with Gasteiger partial charge in [-0.1, -0.05) is 0 Å². The van der Waals surface area contributed by atoms with Gasteiger partial charge in [0.1, 0.15) is 0 Å². The SMILES string of the molecule is FC(F)c1c(OC(F)(F)F)cnc(CCl)c1I. The second-order valence-electron chi connectivity index (χ2n) is 2.78. The Bertz CT molecular complexity index is 412. The molecule has 9 heteroatoms. The molecule has 2 nitrogen and oxygen atoms in total. The summed E-state index contributed by atoms with van der Waals surface area (Å²) >= 11 is 6.88. The van der Waals surface area contributed by atoms with Crippen LogP contribution in [0, 0.1) is 3.57 Å². The number of nitrogens with zero attached hydrogens (tertiary/aromatic N) is 1. The number of hydrogen-bond acceptors (Lipinski definition) is 2. The molecule has 0 aliphatic heterocycles. The zero-order valence-electron chi connectivity index (χ0n) is 7.86. The van der Waals surface area contributed by atoms with Crippen molar-refractivity contribution < 1.29 is 26.7 Å². The standard InChI is InChI=1S/C8H4ClF5INO/c9-1-3-6(15)5(7(10)11)4(2-16-3)17-8(12,13)14/h2,7H,1H2. The Balaban J connectivity index is 3.27. The van der Waals surface area contributed by atoms with E-state index in [-0.39, 0.29) is 15.1 Å². The lowest BCUT2D eigenvalue weighted by Crippen LogP contribution is -2.19. The Morgan fingerprint density at radius 3 is 2.41 bits per heavy atom. The summed E-state index contributed by atoms with van der Waals surface area (Å²) in [5.41, 5.74) is -0.773. The van der Waals surface area contributed by atoms with E-state index >= 15 is 0 Å². The second-order valence-corrected chi connectivity index (χ2v) is 4.12. The molecule has 96 valence electrons. The highest BCUT2D eigenvalue weighted by molar-refractivity contribution is 14.1. The van der Waals surface area contributed by atoms with Crippen LogP contribution in [0.3, 0.4) is 0 Å². The molecule has 0 saturated heterocycles. The van der Waals surface area contributed by atoms with Gasteiger partial charge in [0, 0.05) is 3.57 Å². The predicted octanol–water partition coefficient (Wildman–Crippen LogP) is 4.26. The minimum atomic E-state index is -5.04. The minimum absolute atomic E-state index is 0.0806. The number of ether oxygens (including phenoxy) is 1. The van der Waals surface area contributed by atoms with Crippen LogP contribution in [-0.4, -0.2) is 11.3 Å². The molecule has 0 unspecified atom stereocenters. The van der Waals surface area contributed by atoms with Crippen LogP contribution in [0.2, 0.25) is 0 Å². The largest absolute Gasteiger partial charge is 0.573 e. The van der Waals surface area contributed by atoms with E-state index in [1.165, 1.54) is 22.6 Å². The number of rotatable bonds is 3. The Morgan fingerprint density at radius 2 is 2.00 bits per heavy atom. The summed E-state index contributed by atoms with van der Waals surface area (Å²) in [4.78, 5) is 3.53. The van der Waals surface area contributed by atoms with E-state index in [0.717, 1.165) is 0 Å². The summed E-state index contributed by atoms with van der Waals surface area (Å²) in [6.07, 6.45) is -7.56. The van der Waals surface area contributed by atoms with Crippen LogP contribution in [0.5, 0.6) is 5.75 Å². The van der Waals surface area contributed by atoms with Gasteiger partial charge in [0.25, 0.3) is 6.43 Å². The predicted molar refractivity (Wildman–Crippen MR) is 58.2 cm³/mol. The first kappa shape index (κ1) is 14.7. The van der Waals surface area contributed by atoms with Crippen molar-refractivity contribution in [3.63, 3.8) is 0 Å². The maximum atomic E-state index is 12.7. The second kappa shape index (κ2) is 5.51. The van der Waals surface area contributed by atoms with Gasteiger partial charge in [0.05, 0.1) is 23.3 Å². The van der Waals surface area contributed by atoms with Crippen molar-refractivity contribution in [1.82, 2.24) is 4.98 Å². The maximum Gasteiger partial charge on any atom is 0.573 e. The van der Waals surface area contributed by atoms with E-state index in [0.29, 0.717) is 6.20 Å². The highest BCUT2D eigenvalue weighted by Crippen LogP contribution is 2.36. The lowest BCUT2D eigenvalue weighted by atomic mass is 10.2. The van der Waals surface area contributed by atoms with E-state index in [1.54, 1.807) is 0 Å². The first-order valence-corrected chi connectivity index (χ1v) is 5.64. The minimum Gasteiger partial charge on any atom is -0.404 e. The quantitative estimate of drug-likeness (QED) is 0.439. The van der Waals surface area contributed by atoms with Crippen LogP contribution in [-0.2, 0) is 5.88 Å². The van der Waals surface area contributed by atoms with E-state index < -0.39 is 24.1 Å². The molecule has 0 amide bonds. The van der Waals surface area contributed by atoms with Crippen LogP contribution in [0.4, 0.5) is 22.0 Å². The van der Waals surface area contributed by atoms with Gasteiger partial charge in [-0.25, -0.2) is 8.78 Å². The highest BCUT2D eigenvalue weighted by Gasteiger charge is 2.34. The molecule has 17 heavy (non-hydrogen) atoms. The van der Waals surface area contributed by atoms with Crippen LogP contribution >= 0.6 is 34.2 Å². The molecule has 0 spiro atoms. The molecule has 0 bridgehead atoms. The molecule has 1 rings (SSSR count). The molecule has 0 atom stereocenters. The van der Waals surface area contributed by atoms with Crippen LogP contribution in [0.1, 0.15) is 17.7 Å². The smallest absolute Gasteiger partial charge is 0.404 e. The average Bonchev–Trinajstić information content (AvgIpc) is 2.14. The van der Waals surface area contributed by atoms with E-state index in [4.69, 9.17) is 11.6 Å². The molecule has 0 aliphatic carbocycles. The van der Waals surface area contributed by atoms with Gasteiger partial charge in [0.2, 0.25) is 0 Å². The zero-order valence-corrected chi connectivity index (χ0v) is 10.8. The summed E-state index contributed by atoms with van der Waals surface area (Å²) in [5, 5.41) is 0. The van der Waals surface area contributed by atoms with Crippen LogP contribution in [0.15, 0.2) is 6.20 Å². The van der Waals surface area contributed by atoms with Crippen molar-refractivity contribution >= 4 is 34.2 Å². The monoisotopic (exact) mass is 387 g/mol. The fourth-order valence-corrected chi connectivity index (χ4v) is 2.29. The molecule has 0 saturated carbocycles. The molecule has 1 heterocycles. The summed E-state index contributed by atoms with van der Waals surface area (Å²) < 4.78 is 64.6. The van der Waals surface area contributed by atoms with Gasteiger partial charge in [-0.3, -0.25) is 4.98 Å². The van der Waals surface area contributed by atoms with Gasteiger partial charge in [0.15, 0.2) is 5.75 Å². The fourth-order valence-electron chi connectivity index (χ4n) is 1.03. The third-order valence-electron chi connectivity index (χ3n) is 1.66. The van der Waals surface area contributed by atoms with Crippen LogP contribution in [0.25, 0.3) is 0 Å². The average molecular weight is 387 g/mol. The van der Waals surface area contributed by atoms with Crippen molar-refractivity contribution in [2.24, 2.45) is 0 Å². The Hall–Kier alpha value is -0.380. The molecule has 0 N–H and O–H groups in total. The van der Waals surface area contributed by atoms with Gasteiger partial charge in [-0.05, 0) is 22.6 Å². The Morgan fingerprint density at radius 1 is 1.41 bits per heavy atom. The molecule has 1 aromatic heterocycles. The zero-order chi connectivity index (χ0) is 13.2. The van der Waals surface area contributed by atoms with Crippen molar-refractivity contribution in [3.8, 4) is 5.75 Å². The first-order chi connectivity index (χ1) is 7.76. The summed E-state index contributed by atoms with van der Waals surface area (Å²) in [7, 11) is 0. The number of alkyl halides is 6. The lowest BCUT2D eigenvalue weighted by molar-refractivity contribution is -0.275. The number of halogens is 7. The number of aromatic nitrogens is 1. The van der Waals surface area contributed by atoms with Gasteiger partial charge >= 0.3 is 6.36 Å². The molecule has 0 aliphatic rings. The van der Waals surface area contributed by atoms with Gasteiger partial charge < -0.3 is 4.74 Å². The normalized spacial score (nSPS) is 12.0. The number of hydrogen-bond donors (Lipinski definition) is 0. The molecular formula is C8H4ClF5INO. The van der Waals surface area contributed by atoms with Crippen molar-refractivity contribution in [1.29, 1.82) is 0 Å². The fraction of sp³-hybridized carbons (Fsp3) is 0.375.